The Morgan fingerprint density at radius 1 is 0.927 bits per heavy atom. The van der Waals surface area contributed by atoms with E-state index in [-0.39, 0.29) is 11.5 Å². The average molecular weight is 727 g/mol. The van der Waals surface area contributed by atoms with Crippen LogP contribution in [-0.2, 0) is 0 Å². The van der Waals surface area contributed by atoms with Gasteiger partial charge in [-0.1, -0.05) is 148 Å². The van der Waals surface area contributed by atoms with E-state index in [0.717, 1.165) is 80.2 Å². The molecule has 0 amide bonds. The molecule has 2 heteroatoms. The molecule has 0 aromatic heterocycles. The van der Waals surface area contributed by atoms with E-state index in [1.165, 1.54) is 56.3 Å². The summed E-state index contributed by atoms with van der Waals surface area (Å²) in [6.45, 7) is 20.2. The van der Waals surface area contributed by atoms with E-state index in [9.17, 15) is 0 Å². The van der Waals surface area contributed by atoms with Crippen molar-refractivity contribution in [3.63, 3.8) is 0 Å². The zero-order valence-electron chi connectivity index (χ0n) is 34.2. The maximum atomic E-state index is 4.60. The van der Waals surface area contributed by atoms with Gasteiger partial charge in [-0.3, -0.25) is 4.99 Å². The van der Waals surface area contributed by atoms with E-state index in [1.54, 1.807) is 5.57 Å². The lowest BCUT2D eigenvalue weighted by Crippen LogP contribution is -2.51. The topological polar surface area (TPSA) is 15.6 Å². The van der Waals surface area contributed by atoms with Crippen LogP contribution in [0.4, 0.5) is 0 Å². The number of hydrogen-bond donors (Lipinski definition) is 0. The first-order chi connectivity index (χ1) is 26.6. The molecule has 2 nitrogen and oxygen atoms in total. The highest BCUT2D eigenvalue weighted by atomic mass is 15.2. The monoisotopic (exact) mass is 726 g/mol. The van der Waals surface area contributed by atoms with Crippen molar-refractivity contribution in [2.75, 3.05) is 0 Å². The van der Waals surface area contributed by atoms with E-state index in [0.29, 0.717) is 0 Å². The van der Waals surface area contributed by atoms with Crippen molar-refractivity contribution >= 4 is 29.5 Å². The number of aliphatic imine (C=N–C) groups is 1. The smallest absolute Gasteiger partial charge is 0.0585 e. The largest absolute Gasteiger partial charge is 0.338 e. The summed E-state index contributed by atoms with van der Waals surface area (Å²) < 4.78 is 0. The van der Waals surface area contributed by atoms with Gasteiger partial charge in [0.2, 0.25) is 0 Å². The highest BCUT2D eigenvalue weighted by molar-refractivity contribution is 5.78. The number of hydrogen-bond acceptors (Lipinski definition) is 2. The van der Waals surface area contributed by atoms with Crippen molar-refractivity contribution in [1.82, 2.24) is 4.90 Å². The Hall–Kier alpha value is -4.95. The molecule has 0 saturated carbocycles. The minimum Gasteiger partial charge on any atom is -0.338 e. The summed E-state index contributed by atoms with van der Waals surface area (Å²) in [7, 11) is 0. The Bertz CT molecular complexity index is 2270. The standard InChI is InChI=1S/C53H62N2/c1-8-43(26-20-28-46-27-17-18-36-54-46)48(50-35-33-45(37-40(3)53(5,6)7)49-30-19-21-39(2)52(49)50)34-32-42-23-15-16-29-47(38-42)55-41(4)22-11-9-12-24-44-25-13-10-14-31-51(44)55/h8,10-11,14-15,20,22-23,26-30,32-38,41H,1,3,9,12-13,16-19,21,24-25,31H2,2,4-7H3/b22-11-,28-20+,34-32+,43-26+,45-37-,50-48+. The molecular weight excluding hydrogens is 665 g/mol. The fraction of sp³-hybridized carbons (Fsp3) is 0.340. The molecule has 1 aromatic rings. The van der Waals surface area contributed by atoms with Gasteiger partial charge < -0.3 is 4.90 Å². The van der Waals surface area contributed by atoms with Crippen molar-refractivity contribution in [3.8, 4) is 0 Å². The maximum absolute atomic E-state index is 4.60. The molecule has 0 saturated heterocycles. The molecule has 2 aliphatic heterocycles. The van der Waals surface area contributed by atoms with Gasteiger partial charge in [-0.05, 0) is 139 Å². The summed E-state index contributed by atoms with van der Waals surface area (Å²) in [5.41, 5.74) is 11.4. The molecule has 1 aromatic carbocycles. The van der Waals surface area contributed by atoms with Gasteiger partial charge in [0.1, 0.15) is 0 Å². The number of benzene rings is 1. The summed E-state index contributed by atoms with van der Waals surface area (Å²) in [5.74, 6) is 0. The lowest BCUT2D eigenvalue weighted by Gasteiger charge is -2.34. The number of allylic oxidation sites excluding steroid dienone is 18. The molecule has 5 aliphatic rings. The van der Waals surface area contributed by atoms with Crippen molar-refractivity contribution in [2.24, 2.45) is 10.4 Å². The third-order valence-electron chi connectivity index (χ3n) is 11.4. The second kappa shape index (κ2) is 18.6. The molecule has 0 fully saturated rings. The Kier molecular flexibility index (Phi) is 13.4. The first-order valence-corrected chi connectivity index (χ1v) is 20.7. The van der Waals surface area contributed by atoms with Crippen LogP contribution in [0.15, 0.2) is 161 Å². The van der Waals surface area contributed by atoms with Gasteiger partial charge in [0.25, 0.3) is 0 Å². The summed E-state index contributed by atoms with van der Waals surface area (Å²) in [6, 6.07) is 4.90. The van der Waals surface area contributed by atoms with Gasteiger partial charge in [0.15, 0.2) is 0 Å². The molecule has 6 rings (SSSR count). The predicted molar refractivity (Wildman–Crippen MR) is 241 cm³/mol. The van der Waals surface area contributed by atoms with Crippen LogP contribution in [0, 0.1) is 5.41 Å². The molecule has 0 N–H and O–H groups in total. The first kappa shape index (κ1) is 39.7. The van der Waals surface area contributed by atoms with Crippen molar-refractivity contribution in [1.29, 1.82) is 0 Å². The molecule has 284 valence electrons. The van der Waals surface area contributed by atoms with Gasteiger partial charge in [-0.15, -0.1) is 0 Å². The Balaban J connectivity index is 1.53. The van der Waals surface area contributed by atoms with Crippen LogP contribution >= 0.6 is 0 Å². The first-order valence-electron chi connectivity index (χ1n) is 20.7. The second-order valence-corrected chi connectivity index (χ2v) is 16.5. The predicted octanol–water partition coefficient (Wildman–Crippen LogP) is 11.1. The minimum absolute atomic E-state index is 0.0000199. The highest BCUT2D eigenvalue weighted by Gasteiger charge is 2.23. The van der Waals surface area contributed by atoms with Gasteiger partial charge in [0, 0.05) is 30.1 Å². The van der Waals surface area contributed by atoms with Crippen LogP contribution in [0.5, 0.6) is 0 Å². The Morgan fingerprint density at radius 2 is 1.80 bits per heavy atom. The summed E-state index contributed by atoms with van der Waals surface area (Å²) >= 11 is 0. The van der Waals surface area contributed by atoms with Gasteiger partial charge in [-0.25, -0.2) is 0 Å². The summed E-state index contributed by atoms with van der Waals surface area (Å²) in [6.07, 6.45) is 52.9. The molecule has 1 unspecified atom stereocenters. The Labute approximate surface area is 331 Å². The van der Waals surface area contributed by atoms with E-state index >= 15 is 0 Å². The van der Waals surface area contributed by atoms with Crippen LogP contribution in [0.1, 0.15) is 105 Å². The average Bonchev–Trinajstić information content (AvgIpc) is 3.53. The molecule has 0 spiro atoms. The zero-order chi connectivity index (χ0) is 38.8. The third-order valence-corrected chi connectivity index (χ3v) is 11.4. The molecular formula is C53H62N2. The van der Waals surface area contributed by atoms with E-state index in [2.05, 4.69) is 167 Å². The quantitative estimate of drug-likeness (QED) is 0.192. The SMILES string of the molecule is C=CC(=C\C=C\C1=CCCC=N1)/C(/C=C/C1=CC(N2C3=C(CCC=CC3)CCC/C=C\C2C)=CCC=C1)=c1\cc/c(=C/C(=C)C(C)(C)C)c2c1=C(C)CCC=2. The van der Waals surface area contributed by atoms with Crippen LogP contribution in [0.3, 0.4) is 0 Å². The maximum Gasteiger partial charge on any atom is 0.0585 e. The molecule has 55 heavy (non-hydrogen) atoms. The highest BCUT2D eigenvalue weighted by Crippen LogP contribution is 2.34. The van der Waals surface area contributed by atoms with Crippen molar-refractivity contribution in [3.05, 3.63) is 177 Å². The Morgan fingerprint density at radius 3 is 2.60 bits per heavy atom. The summed E-state index contributed by atoms with van der Waals surface area (Å²) in [4.78, 5) is 7.23. The van der Waals surface area contributed by atoms with E-state index in [4.69, 9.17) is 0 Å². The number of rotatable bonds is 8. The molecule has 0 bridgehead atoms. The zero-order valence-corrected chi connectivity index (χ0v) is 34.2. The molecule has 2 heterocycles. The minimum atomic E-state index is 0.0000199. The second-order valence-electron chi connectivity index (χ2n) is 16.5. The molecule has 3 aliphatic carbocycles. The van der Waals surface area contributed by atoms with Gasteiger partial charge in [-0.2, -0.15) is 0 Å². The van der Waals surface area contributed by atoms with E-state index in [1.807, 2.05) is 12.3 Å². The fourth-order valence-corrected chi connectivity index (χ4v) is 8.10. The molecule has 1 atom stereocenters. The summed E-state index contributed by atoms with van der Waals surface area (Å²) in [5, 5.41) is 5.13. The van der Waals surface area contributed by atoms with Crippen LogP contribution in [0.25, 0.3) is 23.3 Å². The fourth-order valence-electron chi connectivity index (χ4n) is 8.10. The van der Waals surface area contributed by atoms with Crippen molar-refractivity contribution < 1.29 is 0 Å². The van der Waals surface area contributed by atoms with E-state index < -0.39 is 0 Å². The molecule has 0 radical (unpaired) electrons. The van der Waals surface area contributed by atoms with Crippen molar-refractivity contribution in [2.45, 2.75) is 111 Å². The number of fused-ring (bicyclic) bond motifs is 1. The van der Waals surface area contributed by atoms with Crippen LogP contribution in [-0.4, -0.2) is 17.2 Å². The third kappa shape index (κ3) is 10.0. The normalized spacial score (nSPS) is 22.4. The van der Waals surface area contributed by atoms with Gasteiger partial charge in [0.05, 0.1) is 5.70 Å². The van der Waals surface area contributed by atoms with Crippen LogP contribution < -0.4 is 20.9 Å². The number of nitrogens with zero attached hydrogens (tertiary/aromatic N) is 2. The van der Waals surface area contributed by atoms with Crippen LogP contribution in [0.2, 0.25) is 0 Å². The van der Waals surface area contributed by atoms with Gasteiger partial charge >= 0.3 is 0 Å². The lowest BCUT2D eigenvalue weighted by atomic mass is 9.86. The lowest BCUT2D eigenvalue weighted by molar-refractivity contribution is 0.379.